The maximum Gasteiger partial charge on any atom is 0.168 e. The molecule has 1 aromatic heterocycles. The zero-order valence-electron chi connectivity index (χ0n) is 9.14. The van der Waals surface area contributed by atoms with E-state index in [1.807, 2.05) is 0 Å². The summed E-state index contributed by atoms with van der Waals surface area (Å²) in [6.45, 7) is 1.85. The van der Waals surface area contributed by atoms with Gasteiger partial charge in [-0.3, -0.25) is 0 Å². The number of tetrazole rings is 1. The highest BCUT2D eigenvalue weighted by molar-refractivity contribution is 5.18. The second-order valence-corrected chi connectivity index (χ2v) is 3.72. The zero-order chi connectivity index (χ0) is 12.4. The van der Waals surface area contributed by atoms with Crippen molar-refractivity contribution in [2.75, 3.05) is 0 Å². The minimum absolute atomic E-state index is 0.121. The van der Waals surface area contributed by atoms with Crippen LogP contribution in [0.5, 0.6) is 0 Å². The van der Waals surface area contributed by atoms with Crippen LogP contribution in [0.3, 0.4) is 0 Å². The van der Waals surface area contributed by atoms with Crippen molar-refractivity contribution in [3.05, 3.63) is 41.2 Å². The SMILES string of the molecule is CC(N)c1nnnn1Cc1ccc(F)cc1F. The van der Waals surface area contributed by atoms with Gasteiger partial charge >= 0.3 is 0 Å². The predicted octanol–water partition coefficient (Wildman–Crippen LogP) is 1.02. The van der Waals surface area contributed by atoms with E-state index in [0.717, 1.165) is 6.07 Å². The average molecular weight is 239 g/mol. The Bertz CT molecular complexity index is 523. The molecule has 1 unspecified atom stereocenters. The molecule has 90 valence electrons. The lowest BCUT2D eigenvalue weighted by molar-refractivity contribution is 0.539. The van der Waals surface area contributed by atoms with Gasteiger partial charge in [-0.15, -0.1) is 5.10 Å². The van der Waals surface area contributed by atoms with Crippen molar-refractivity contribution >= 4 is 0 Å². The molecule has 2 aromatic rings. The molecule has 1 atom stereocenters. The summed E-state index contributed by atoms with van der Waals surface area (Å²) in [5, 5.41) is 10.9. The molecule has 2 rings (SSSR count). The second-order valence-electron chi connectivity index (χ2n) is 3.72. The monoisotopic (exact) mass is 239 g/mol. The standard InChI is InChI=1S/C10H11F2N5/c1-6(13)10-14-15-16-17(10)5-7-2-3-8(11)4-9(7)12/h2-4,6H,5,13H2,1H3. The van der Waals surface area contributed by atoms with Gasteiger partial charge in [-0.1, -0.05) is 6.07 Å². The van der Waals surface area contributed by atoms with E-state index >= 15 is 0 Å². The van der Waals surface area contributed by atoms with E-state index in [2.05, 4.69) is 15.5 Å². The number of halogens is 2. The molecule has 1 heterocycles. The fraction of sp³-hybridized carbons (Fsp3) is 0.300. The van der Waals surface area contributed by atoms with Gasteiger partial charge in [-0.05, 0) is 23.4 Å². The molecule has 0 aliphatic heterocycles. The van der Waals surface area contributed by atoms with Crippen LogP contribution in [-0.2, 0) is 6.54 Å². The van der Waals surface area contributed by atoms with Crippen molar-refractivity contribution in [2.45, 2.75) is 19.5 Å². The van der Waals surface area contributed by atoms with E-state index in [1.54, 1.807) is 6.92 Å². The predicted molar refractivity (Wildman–Crippen MR) is 55.9 cm³/mol. The van der Waals surface area contributed by atoms with Gasteiger partial charge in [0.05, 0.1) is 12.6 Å². The molecule has 5 nitrogen and oxygen atoms in total. The average Bonchev–Trinajstić information content (AvgIpc) is 2.70. The maximum absolute atomic E-state index is 13.4. The van der Waals surface area contributed by atoms with Crippen LogP contribution in [-0.4, -0.2) is 20.2 Å². The highest BCUT2D eigenvalue weighted by atomic mass is 19.1. The minimum atomic E-state index is -0.629. The lowest BCUT2D eigenvalue weighted by atomic mass is 10.2. The number of rotatable bonds is 3. The van der Waals surface area contributed by atoms with Crippen LogP contribution in [0.2, 0.25) is 0 Å². The van der Waals surface area contributed by atoms with Crippen LogP contribution in [0.25, 0.3) is 0 Å². The molecule has 0 saturated carbocycles. The van der Waals surface area contributed by atoms with Crippen molar-refractivity contribution in [3.63, 3.8) is 0 Å². The first-order valence-electron chi connectivity index (χ1n) is 5.03. The lowest BCUT2D eigenvalue weighted by Crippen LogP contribution is -2.15. The smallest absolute Gasteiger partial charge is 0.168 e. The summed E-state index contributed by atoms with van der Waals surface area (Å²) in [6.07, 6.45) is 0. The number of hydrogen-bond donors (Lipinski definition) is 1. The van der Waals surface area contributed by atoms with Gasteiger partial charge in [-0.25, -0.2) is 13.5 Å². The molecular weight excluding hydrogens is 228 g/mol. The Labute approximate surface area is 96.2 Å². The lowest BCUT2D eigenvalue weighted by Gasteiger charge is -2.07. The minimum Gasteiger partial charge on any atom is -0.322 e. The number of aromatic nitrogens is 4. The van der Waals surface area contributed by atoms with Crippen molar-refractivity contribution in [1.82, 2.24) is 20.2 Å². The molecule has 0 spiro atoms. The summed E-state index contributed by atoms with van der Waals surface area (Å²) in [4.78, 5) is 0. The molecule has 2 N–H and O–H groups in total. The fourth-order valence-electron chi connectivity index (χ4n) is 1.46. The molecule has 7 heteroatoms. The summed E-state index contributed by atoms with van der Waals surface area (Å²) in [5.74, 6) is -0.791. The quantitative estimate of drug-likeness (QED) is 0.868. The van der Waals surface area contributed by atoms with Crippen molar-refractivity contribution in [2.24, 2.45) is 5.73 Å². The Kier molecular flexibility index (Phi) is 3.10. The fourth-order valence-corrected chi connectivity index (χ4v) is 1.46. The molecule has 17 heavy (non-hydrogen) atoms. The molecule has 1 aromatic carbocycles. The Balaban J connectivity index is 2.28. The highest BCUT2D eigenvalue weighted by Crippen LogP contribution is 2.12. The molecule has 0 aliphatic rings. The van der Waals surface area contributed by atoms with Crippen LogP contribution in [0.1, 0.15) is 24.4 Å². The van der Waals surface area contributed by atoms with Gasteiger partial charge in [0.2, 0.25) is 0 Å². The third-order valence-corrected chi connectivity index (χ3v) is 2.30. The van der Waals surface area contributed by atoms with Crippen LogP contribution in [0, 0.1) is 11.6 Å². The molecule has 0 aliphatic carbocycles. The maximum atomic E-state index is 13.4. The van der Waals surface area contributed by atoms with Gasteiger partial charge in [0.25, 0.3) is 0 Å². The Morgan fingerprint density at radius 1 is 1.41 bits per heavy atom. The highest BCUT2D eigenvalue weighted by Gasteiger charge is 2.12. The molecule has 0 bridgehead atoms. The molecule has 0 radical (unpaired) electrons. The Morgan fingerprint density at radius 2 is 2.18 bits per heavy atom. The second kappa shape index (κ2) is 4.54. The van der Waals surface area contributed by atoms with Crippen molar-refractivity contribution < 1.29 is 8.78 Å². The number of hydrogen-bond acceptors (Lipinski definition) is 4. The van der Waals surface area contributed by atoms with E-state index in [1.165, 1.54) is 16.8 Å². The van der Waals surface area contributed by atoms with Gasteiger partial charge in [0.15, 0.2) is 5.82 Å². The van der Waals surface area contributed by atoms with Gasteiger partial charge in [0.1, 0.15) is 11.6 Å². The van der Waals surface area contributed by atoms with Gasteiger partial charge < -0.3 is 5.73 Å². The molecular formula is C10H11F2N5. The van der Waals surface area contributed by atoms with Crippen LogP contribution in [0.15, 0.2) is 18.2 Å². The van der Waals surface area contributed by atoms with E-state index in [0.29, 0.717) is 11.4 Å². The summed E-state index contributed by atoms with van der Waals surface area (Å²) in [7, 11) is 0. The Morgan fingerprint density at radius 3 is 2.82 bits per heavy atom. The van der Waals surface area contributed by atoms with Crippen LogP contribution in [0.4, 0.5) is 8.78 Å². The molecule has 0 amide bonds. The first kappa shape index (κ1) is 11.6. The number of benzene rings is 1. The number of nitrogens with two attached hydrogens (primary N) is 1. The molecule has 0 saturated heterocycles. The first-order chi connectivity index (χ1) is 8.08. The van der Waals surface area contributed by atoms with Crippen molar-refractivity contribution in [1.29, 1.82) is 0 Å². The summed E-state index contributed by atoms with van der Waals surface area (Å²) in [5.41, 5.74) is 5.96. The summed E-state index contributed by atoms with van der Waals surface area (Å²) >= 11 is 0. The Hall–Kier alpha value is -1.89. The van der Waals surface area contributed by atoms with E-state index in [-0.39, 0.29) is 12.6 Å². The van der Waals surface area contributed by atoms with E-state index in [9.17, 15) is 8.78 Å². The summed E-state index contributed by atoms with van der Waals surface area (Å²) < 4.78 is 27.5. The van der Waals surface area contributed by atoms with Gasteiger partial charge in [-0.2, -0.15) is 0 Å². The van der Waals surface area contributed by atoms with Gasteiger partial charge in [0, 0.05) is 11.6 Å². The normalized spacial score (nSPS) is 12.7. The van der Waals surface area contributed by atoms with E-state index < -0.39 is 11.6 Å². The number of nitrogens with zero attached hydrogens (tertiary/aromatic N) is 4. The topological polar surface area (TPSA) is 69.6 Å². The van der Waals surface area contributed by atoms with Crippen LogP contribution >= 0.6 is 0 Å². The third kappa shape index (κ3) is 2.44. The molecule has 0 fully saturated rings. The largest absolute Gasteiger partial charge is 0.322 e. The first-order valence-corrected chi connectivity index (χ1v) is 5.03. The summed E-state index contributed by atoms with van der Waals surface area (Å²) in [6, 6.07) is 3.02. The zero-order valence-corrected chi connectivity index (χ0v) is 9.14. The third-order valence-electron chi connectivity index (χ3n) is 2.30. The van der Waals surface area contributed by atoms with E-state index in [4.69, 9.17) is 5.73 Å². The van der Waals surface area contributed by atoms with Crippen molar-refractivity contribution in [3.8, 4) is 0 Å². The van der Waals surface area contributed by atoms with Crippen LogP contribution < -0.4 is 5.73 Å².